The average Bonchev–Trinajstić information content (AvgIpc) is 3.46. The third-order valence-corrected chi connectivity index (χ3v) is 9.40. The highest BCUT2D eigenvalue weighted by molar-refractivity contribution is 7.66. The molecule has 0 aliphatic carbocycles. The van der Waals surface area contributed by atoms with Crippen LogP contribution in [0.1, 0.15) is 6.23 Å². The molecule has 2 saturated heterocycles. The number of aliphatic hydroxyl groups excluding tert-OH is 4. The summed E-state index contributed by atoms with van der Waals surface area (Å²) in [5, 5.41) is 40.2. The second-order valence-electron chi connectivity index (χ2n) is 8.34. The normalized spacial score (nSPS) is 34.2. The molecule has 2 aromatic rings. The number of imidazole rings is 1. The summed E-state index contributed by atoms with van der Waals surface area (Å²) >= 11 is 0. The molecule has 0 spiro atoms. The molecule has 226 valence electrons. The van der Waals surface area contributed by atoms with Crippen molar-refractivity contribution >= 4 is 40.4 Å². The van der Waals surface area contributed by atoms with Crippen LogP contribution in [0.3, 0.4) is 0 Å². The van der Waals surface area contributed by atoms with Crippen LogP contribution in [-0.4, -0.2) is 116 Å². The number of nitrogens with zero attached hydrogens (tertiary/aromatic N) is 4. The van der Waals surface area contributed by atoms with E-state index in [0.29, 0.717) is 0 Å². The Kier molecular flexibility index (Phi) is 9.14. The van der Waals surface area contributed by atoms with Crippen LogP contribution in [0.4, 0.5) is 5.82 Å². The predicted molar refractivity (Wildman–Crippen MR) is 122 cm³/mol. The molecule has 0 bridgehead atoms. The zero-order chi connectivity index (χ0) is 29.6. The number of aliphatic hydroxyl groups is 4. The van der Waals surface area contributed by atoms with Crippen molar-refractivity contribution in [1.82, 2.24) is 19.5 Å². The van der Waals surface area contributed by atoms with Crippen molar-refractivity contribution in [3.63, 3.8) is 0 Å². The number of anilines is 1. The Labute approximate surface area is 222 Å². The van der Waals surface area contributed by atoms with Gasteiger partial charge in [0.2, 0.25) is 0 Å². The van der Waals surface area contributed by atoms with Gasteiger partial charge < -0.3 is 59.9 Å². The predicted octanol–water partition coefficient (Wildman–Crippen LogP) is -3.17. The van der Waals surface area contributed by atoms with E-state index in [0.717, 1.165) is 17.2 Å². The van der Waals surface area contributed by atoms with Crippen molar-refractivity contribution in [2.75, 3.05) is 18.9 Å². The van der Waals surface area contributed by atoms with Gasteiger partial charge in [0, 0.05) is 0 Å². The average molecular weight is 639 g/mol. The number of phosphoric ester groups is 1. The fourth-order valence-corrected chi connectivity index (χ4v) is 7.14. The van der Waals surface area contributed by atoms with Gasteiger partial charge >= 0.3 is 23.5 Å². The van der Waals surface area contributed by atoms with Crippen LogP contribution in [0.2, 0.25) is 0 Å². The summed E-state index contributed by atoms with van der Waals surface area (Å²) in [6, 6.07) is 0. The third kappa shape index (κ3) is 6.92. The Hall–Kier alpha value is -1.52. The summed E-state index contributed by atoms with van der Waals surface area (Å²) in [6.07, 6.45) is -10.7. The van der Waals surface area contributed by atoms with Crippen LogP contribution in [0.25, 0.3) is 11.2 Å². The van der Waals surface area contributed by atoms with Gasteiger partial charge in [-0.25, -0.2) is 28.6 Å². The van der Waals surface area contributed by atoms with Crippen molar-refractivity contribution in [3.05, 3.63) is 12.7 Å². The van der Waals surface area contributed by atoms with Crippen LogP contribution in [0, 0.1) is 0 Å². The Balaban J connectivity index is 1.58. The van der Waals surface area contributed by atoms with Crippen molar-refractivity contribution in [3.8, 4) is 0 Å². The van der Waals surface area contributed by atoms with E-state index >= 15 is 0 Å². The minimum absolute atomic E-state index is 0.0368. The van der Waals surface area contributed by atoms with Crippen LogP contribution in [0.15, 0.2) is 12.7 Å². The lowest BCUT2D eigenvalue weighted by molar-refractivity contribution is -0.190. The van der Waals surface area contributed by atoms with Gasteiger partial charge in [-0.05, 0) is 0 Å². The molecule has 0 amide bonds. The van der Waals surface area contributed by atoms with Gasteiger partial charge in [-0.15, -0.1) is 0 Å². The summed E-state index contributed by atoms with van der Waals surface area (Å²) in [7, 11) is -17.3. The standard InChI is InChI=1S/C15H24N5O17P3/c16-12-7-13(18-3-17-12)20(4-19-7)14-10(24)11(35-39(28,29)37-40(30,31)36-38(25,26)27)6(33-14)2-32-15-9(23)8(22)5(1-21)34-15/h3-6,8-11,14-15,21-24H,1-2H2,(H,28,29)(H,30,31)(H2,16,17,18)(H2,25,26,27)/t5-,6-,8-,9+,10-,11-,14-,15?/m1/s1. The molecule has 22 nitrogen and oxygen atoms in total. The molecule has 10 atom stereocenters. The lowest BCUT2D eigenvalue weighted by atomic mass is 10.1. The second-order valence-corrected chi connectivity index (χ2v) is 12.7. The molecular weight excluding hydrogens is 615 g/mol. The quantitative estimate of drug-likeness (QED) is 0.109. The molecule has 0 radical (unpaired) electrons. The molecule has 40 heavy (non-hydrogen) atoms. The summed E-state index contributed by atoms with van der Waals surface area (Å²) in [4.78, 5) is 48.7. The highest BCUT2D eigenvalue weighted by Gasteiger charge is 2.52. The van der Waals surface area contributed by atoms with Gasteiger partial charge in [-0.1, -0.05) is 0 Å². The summed E-state index contributed by atoms with van der Waals surface area (Å²) < 4.78 is 64.8. The van der Waals surface area contributed by atoms with Crippen LogP contribution >= 0.6 is 23.5 Å². The summed E-state index contributed by atoms with van der Waals surface area (Å²) in [5.74, 6) is -0.0368. The van der Waals surface area contributed by atoms with E-state index in [9.17, 15) is 43.9 Å². The first-order valence-corrected chi connectivity index (χ1v) is 15.4. The molecule has 2 fully saturated rings. The molecule has 2 aliphatic heterocycles. The molecule has 3 unspecified atom stereocenters. The lowest BCUT2D eigenvalue weighted by Gasteiger charge is -2.25. The first kappa shape index (κ1) is 31.4. The summed E-state index contributed by atoms with van der Waals surface area (Å²) in [6.45, 7) is -1.38. The second kappa shape index (κ2) is 11.6. The number of fused-ring (bicyclic) bond motifs is 1. The molecule has 25 heteroatoms. The molecule has 0 saturated carbocycles. The molecule has 10 N–H and O–H groups in total. The maximum atomic E-state index is 12.5. The first-order chi connectivity index (χ1) is 18.5. The third-order valence-electron chi connectivity index (χ3n) is 5.56. The smallest absolute Gasteiger partial charge is 0.394 e. The Bertz CT molecular complexity index is 1360. The van der Waals surface area contributed by atoms with Crippen LogP contribution < -0.4 is 5.73 Å². The van der Waals surface area contributed by atoms with E-state index in [-0.39, 0.29) is 17.0 Å². The van der Waals surface area contributed by atoms with Crippen molar-refractivity contribution in [2.45, 2.75) is 49.1 Å². The van der Waals surface area contributed by atoms with E-state index in [1.807, 2.05) is 0 Å². The van der Waals surface area contributed by atoms with E-state index in [4.69, 9.17) is 34.3 Å². The molecule has 4 heterocycles. The number of nitrogens with two attached hydrogens (primary N) is 1. The minimum Gasteiger partial charge on any atom is -0.394 e. The van der Waals surface area contributed by atoms with Crippen molar-refractivity contribution in [2.24, 2.45) is 0 Å². The highest BCUT2D eigenvalue weighted by atomic mass is 31.3. The van der Waals surface area contributed by atoms with Crippen molar-refractivity contribution in [1.29, 1.82) is 0 Å². The Morgan fingerprint density at radius 1 is 0.925 bits per heavy atom. The maximum absolute atomic E-state index is 12.5. The molecule has 2 aliphatic rings. The number of rotatable bonds is 11. The van der Waals surface area contributed by atoms with Gasteiger partial charge in [0.25, 0.3) is 0 Å². The maximum Gasteiger partial charge on any atom is 0.490 e. The van der Waals surface area contributed by atoms with Gasteiger partial charge in [0.05, 0.1) is 19.5 Å². The zero-order valence-corrected chi connectivity index (χ0v) is 22.3. The number of ether oxygens (including phenoxy) is 3. The number of aromatic nitrogens is 4. The molecule has 0 aromatic carbocycles. The number of nitrogen functional groups attached to an aromatic ring is 1. The Morgan fingerprint density at radius 2 is 1.62 bits per heavy atom. The minimum atomic E-state index is -5.90. The SMILES string of the molecule is Nc1ncnc2c1ncn2[C@@H]1O[C@H](COC2O[C@H](CO)[C@@H](O)[C@@H]2O)[C@@H](OP(=O)(O)OP(=O)(O)OP(=O)(O)O)[C@H]1O. The van der Waals surface area contributed by atoms with Gasteiger partial charge in [0.15, 0.2) is 24.0 Å². The van der Waals surface area contributed by atoms with Gasteiger partial charge in [-0.2, -0.15) is 8.62 Å². The number of hydrogen-bond acceptors (Lipinski definition) is 17. The topological polar surface area (TPSA) is 338 Å². The molecule has 4 rings (SSSR count). The molecular formula is C15H24N5O17P3. The van der Waals surface area contributed by atoms with E-state index < -0.39 is 85.8 Å². The van der Waals surface area contributed by atoms with Crippen LogP contribution in [0.5, 0.6) is 0 Å². The fourth-order valence-electron chi connectivity index (χ4n) is 3.92. The monoisotopic (exact) mass is 639 g/mol. The van der Waals surface area contributed by atoms with Gasteiger partial charge in [0.1, 0.15) is 48.5 Å². The first-order valence-electron chi connectivity index (χ1n) is 10.8. The van der Waals surface area contributed by atoms with E-state index in [1.54, 1.807) is 0 Å². The van der Waals surface area contributed by atoms with Gasteiger partial charge in [-0.3, -0.25) is 9.09 Å². The summed E-state index contributed by atoms with van der Waals surface area (Å²) in [5.41, 5.74) is 5.88. The lowest BCUT2D eigenvalue weighted by Crippen LogP contribution is -2.39. The fraction of sp³-hybridized carbons (Fsp3) is 0.667. The molecule has 2 aromatic heterocycles. The zero-order valence-electron chi connectivity index (χ0n) is 19.6. The highest BCUT2D eigenvalue weighted by Crippen LogP contribution is 2.67. The van der Waals surface area contributed by atoms with Crippen molar-refractivity contribution < 1.29 is 81.1 Å². The number of phosphoric acid groups is 3. The Morgan fingerprint density at radius 3 is 2.25 bits per heavy atom. The number of hydrogen-bond donors (Lipinski definition) is 9. The van der Waals surface area contributed by atoms with E-state index in [1.165, 1.54) is 0 Å². The van der Waals surface area contributed by atoms with E-state index in [2.05, 4.69) is 23.6 Å². The van der Waals surface area contributed by atoms with Crippen LogP contribution in [-0.2, 0) is 41.1 Å². The largest absolute Gasteiger partial charge is 0.490 e.